The average Bonchev–Trinajstić information content (AvgIpc) is 2.22. The number of nitrogens with zero attached hydrogens (tertiary/aromatic N) is 1. The zero-order valence-corrected chi connectivity index (χ0v) is 11.7. The zero-order valence-electron chi connectivity index (χ0n) is 10.1. The summed E-state index contributed by atoms with van der Waals surface area (Å²) in [6, 6.07) is 5.19. The van der Waals surface area contributed by atoms with E-state index < -0.39 is 0 Å². The molecule has 0 saturated carbocycles. The van der Waals surface area contributed by atoms with Gasteiger partial charge in [-0.15, -0.1) is 0 Å². The molecule has 0 amide bonds. The van der Waals surface area contributed by atoms with Crippen LogP contribution in [0.15, 0.2) is 22.7 Å². The van der Waals surface area contributed by atoms with E-state index in [1.54, 1.807) is 0 Å². The molecule has 1 saturated heterocycles. The van der Waals surface area contributed by atoms with Gasteiger partial charge < -0.3 is 4.74 Å². The van der Waals surface area contributed by atoms with Crippen LogP contribution in [0.25, 0.3) is 0 Å². The van der Waals surface area contributed by atoms with Crippen LogP contribution in [0.5, 0.6) is 0 Å². The molecule has 0 aromatic heterocycles. The number of hydrogen-bond donors (Lipinski definition) is 0. The Labute approximate surface area is 110 Å². The van der Waals surface area contributed by atoms with Gasteiger partial charge in [-0.25, -0.2) is 4.39 Å². The summed E-state index contributed by atoms with van der Waals surface area (Å²) in [4.78, 5) is 2.35. The molecular formula is C13H17BrFNO. The minimum Gasteiger partial charge on any atom is -0.373 e. The van der Waals surface area contributed by atoms with Gasteiger partial charge in [0.25, 0.3) is 0 Å². The second-order valence-electron chi connectivity index (χ2n) is 4.70. The van der Waals surface area contributed by atoms with E-state index >= 15 is 0 Å². The Morgan fingerprint density at radius 3 is 2.59 bits per heavy atom. The first-order valence-corrected chi connectivity index (χ1v) is 6.65. The Morgan fingerprint density at radius 1 is 1.35 bits per heavy atom. The van der Waals surface area contributed by atoms with Gasteiger partial charge in [0, 0.05) is 19.6 Å². The Morgan fingerprint density at radius 2 is 2.00 bits per heavy atom. The molecule has 17 heavy (non-hydrogen) atoms. The molecule has 2 unspecified atom stereocenters. The molecule has 0 N–H and O–H groups in total. The predicted molar refractivity (Wildman–Crippen MR) is 69.4 cm³/mol. The predicted octanol–water partition coefficient (Wildman–Crippen LogP) is 3.20. The maximum atomic E-state index is 13.1. The van der Waals surface area contributed by atoms with E-state index in [9.17, 15) is 4.39 Å². The first-order chi connectivity index (χ1) is 8.04. The van der Waals surface area contributed by atoms with Gasteiger partial charge in [0.2, 0.25) is 0 Å². The second-order valence-corrected chi connectivity index (χ2v) is 5.55. The van der Waals surface area contributed by atoms with Gasteiger partial charge in [0.1, 0.15) is 5.82 Å². The first-order valence-electron chi connectivity index (χ1n) is 5.86. The Hall–Kier alpha value is -0.450. The molecule has 2 rings (SSSR count). The molecule has 4 heteroatoms. The molecule has 0 aliphatic carbocycles. The van der Waals surface area contributed by atoms with Crippen molar-refractivity contribution in [2.75, 3.05) is 13.1 Å². The highest BCUT2D eigenvalue weighted by molar-refractivity contribution is 9.10. The fourth-order valence-corrected chi connectivity index (χ4v) is 2.74. The van der Waals surface area contributed by atoms with Gasteiger partial charge in [-0.2, -0.15) is 0 Å². The molecule has 1 heterocycles. The molecule has 1 aromatic rings. The second kappa shape index (κ2) is 5.46. The quantitative estimate of drug-likeness (QED) is 0.832. The van der Waals surface area contributed by atoms with Crippen molar-refractivity contribution in [3.8, 4) is 0 Å². The van der Waals surface area contributed by atoms with Crippen LogP contribution in [-0.2, 0) is 11.3 Å². The molecule has 1 fully saturated rings. The molecule has 0 radical (unpaired) electrons. The Balaban J connectivity index is 2.02. The number of ether oxygens (including phenoxy) is 1. The third kappa shape index (κ3) is 3.50. The van der Waals surface area contributed by atoms with Crippen molar-refractivity contribution >= 4 is 15.9 Å². The number of rotatable bonds is 2. The Bertz CT molecular complexity index is 389. The van der Waals surface area contributed by atoms with Crippen LogP contribution in [-0.4, -0.2) is 30.2 Å². The van der Waals surface area contributed by atoms with E-state index in [4.69, 9.17) is 4.74 Å². The van der Waals surface area contributed by atoms with Gasteiger partial charge in [0.15, 0.2) is 0 Å². The monoisotopic (exact) mass is 301 g/mol. The van der Waals surface area contributed by atoms with Crippen molar-refractivity contribution in [1.82, 2.24) is 4.90 Å². The van der Waals surface area contributed by atoms with Crippen molar-refractivity contribution in [3.05, 3.63) is 34.1 Å². The lowest BCUT2D eigenvalue weighted by Gasteiger charge is -2.35. The summed E-state index contributed by atoms with van der Waals surface area (Å²) in [7, 11) is 0. The van der Waals surface area contributed by atoms with Crippen LogP contribution < -0.4 is 0 Å². The van der Waals surface area contributed by atoms with Gasteiger partial charge in [-0.05, 0) is 47.5 Å². The molecule has 1 aliphatic rings. The van der Waals surface area contributed by atoms with Gasteiger partial charge in [-0.1, -0.05) is 6.07 Å². The average molecular weight is 302 g/mol. The third-order valence-corrected chi connectivity index (χ3v) is 3.49. The molecule has 1 aliphatic heterocycles. The summed E-state index contributed by atoms with van der Waals surface area (Å²) < 4.78 is 19.3. The fraction of sp³-hybridized carbons (Fsp3) is 0.538. The SMILES string of the molecule is CC1CN(Cc2ccc(F)c(Br)c2)CC(C)O1. The van der Waals surface area contributed by atoms with Crippen molar-refractivity contribution in [2.45, 2.75) is 32.6 Å². The van der Waals surface area contributed by atoms with Crippen molar-refractivity contribution in [3.63, 3.8) is 0 Å². The summed E-state index contributed by atoms with van der Waals surface area (Å²) >= 11 is 3.22. The van der Waals surface area contributed by atoms with Crippen molar-refractivity contribution < 1.29 is 9.13 Å². The molecule has 94 valence electrons. The van der Waals surface area contributed by atoms with E-state index in [2.05, 4.69) is 34.7 Å². The first kappa shape index (κ1) is 13.0. The number of benzene rings is 1. The maximum absolute atomic E-state index is 13.1. The van der Waals surface area contributed by atoms with E-state index in [1.807, 2.05) is 12.1 Å². The summed E-state index contributed by atoms with van der Waals surface area (Å²) in [5.41, 5.74) is 1.12. The minimum absolute atomic E-state index is 0.211. The molecule has 2 nitrogen and oxygen atoms in total. The van der Waals surface area contributed by atoms with Gasteiger partial charge in [0.05, 0.1) is 16.7 Å². The van der Waals surface area contributed by atoms with E-state index in [0.29, 0.717) is 4.47 Å². The molecule has 2 atom stereocenters. The lowest BCUT2D eigenvalue weighted by Crippen LogP contribution is -2.44. The molecule has 0 spiro atoms. The molecule has 1 aromatic carbocycles. The fourth-order valence-electron chi connectivity index (χ4n) is 2.31. The lowest BCUT2D eigenvalue weighted by molar-refractivity contribution is -0.0704. The lowest BCUT2D eigenvalue weighted by atomic mass is 10.1. The topological polar surface area (TPSA) is 12.5 Å². The normalized spacial score (nSPS) is 26.1. The van der Waals surface area contributed by atoms with E-state index in [1.165, 1.54) is 6.07 Å². The van der Waals surface area contributed by atoms with Crippen molar-refractivity contribution in [2.24, 2.45) is 0 Å². The number of morpholine rings is 1. The smallest absolute Gasteiger partial charge is 0.137 e. The van der Waals surface area contributed by atoms with Crippen LogP contribution in [0.1, 0.15) is 19.4 Å². The number of halogens is 2. The minimum atomic E-state index is -0.211. The molecule has 0 bridgehead atoms. The van der Waals surface area contributed by atoms with Crippen LogP contribution in [0.4, 0.5) is 4.39 Å². The summed E-state index contributed by atoms with van der Waals surface area (Å²) in [5.74, 6) is -0.211. The third-order valence-electron chi connectivity index (χ3n) is 2.89. The Kier molecular flexibility index (Phi) is 4.17. The van der Waals surface area contributed by atoms with Gasteiger partial charge >= 0.3 is 0 Å². The standard InChI is InChI=1S/C13H17BrFNO/c1-9-6-16(7-10(2)17-9)8-11-3-4-13(15)12(14)5-11/h3-5,9-10H,6-8H2,1-2H3. The summed E-state index contributed by atoms with van der Waals surface area (Å²) in [6.45, 7) is 6.88. The van der Waals surface area contributed by atoms with Crippen molar-refractivity contribution in [1.29, 1.82) is 0 Å². The largest absolute Gasteiger partial charge is 0.373 e. The zero-order chi connectivity index (χ0) is 12.4. The number of hydrogen-bond acceptors (Lipinski definition) is 2. The van der Waals surface area contributed by atoms with Gasteiger partial charge in [-0.3, -0.25) is 4.90 Å². The van der Waals surface area contributed by atoms with E-state index in [-0.39, 0.29) is 18.0 Å². The maximum Gasteiger partial charge on any atom is 0.137 e. The highest BCUT2D eigenvalue weighted by Crippen LogP contribution is 2.19. The highest BCUT2D eigenvalue weighted by atomic mass is 79.9. The van der Waals surface area contributed by atoms with Crippen LogP contribution >= 0.6 is 15.9 Å². The van der Waals surface area contributed by atoms with E-state index in [0.717, 1.165) is 25.2 Å². The van der Waals surface area contributed by atoms with Crippen LogP contribution in [0, 0.1) is 5.82 Å². The highest BCUT2D eigenvalue weighted by Gasteiger charge is 2.22. The summed E-state index contributed by atoms with van der Waals surface area (Å²) in [6.07, 6.45) is 0.533. The molecular weight excluding hydrogens is 285 g/mol. The summed E-state index contributed by atoms with van der Waals surface area (Å²) in [5, 5.41) is 0. The van der Waals surface area contributed by atoms with Crippen LogP contribution in [0.3, 0.4) is 0 Å². The van der Waals surface area contributed by atoms with Crippen LogP contribution in [0.2, 0.25) is 0 Å².